The fourth-order valence-corrected chi connectivity index (χ4v) is 9.26. The summed E-state index contributed by atoms with van der Waals surface area (Å²) in [6.45, 7) is 0. The fourth-order valence-electron chi connectivity index (χ4n) is 3.11. The highest BCUT2D eigenvalue weighted by Gasteiger charge is 2.17. The minimum Gasteiger partial charge on any atom is -0.252 e. The van der Waals surface area contributed by atoms with Crippen molar-refractivity contribution in [2.24, 2.45) is 0 Å². The van der Waals surface area contributed by atoms with Crippen molar-refractivity contribution in [3.8, 4) is 59.2 Å². The van der Waals surface area contributed by atoms with E-state index in [4.69, 9.17) is 0 Å². The highest BCUT2D eigenvalue weighted by Crippen LogP contribution is 2.42. The third kappa shape index (κ3) is 4.20. The molecule has 0 aliphatic heterocycles. The first-order chi connectivity index (χ1) is 17.3. The lowest BCUT2D eigenvalue weighted by molar-refractivity contribution is 1.35. The van der Waals surface area contributed by atoms with E-state index in [9.17, 15) is 0 Å². The van der Waals surface area contributed by atoms with E-state index in [0.717, 1.165) is 59.2 Å². The second kappa shape index (κ2) is 9.13. The van der Waals surface area contributed by atoms with Gasteiger partial charge in [0.2, 0.25) is 0 Å². The van der Waals surface area contributed by atoms with Crippen molar-refractivity contribution in [2.45, 2.75) is 0 Å². The second-order valence-electron chi connectivity index (χ2n) is 6.88. The number of rotatable bonds is 6. The summed E-state index contributed by atoms with van der Waals surface area (Å²) >= 11 is 11.4. The van der Waals surface area contributed by atoms with E-state index in [1.165, 1.54) is 0 Å². The highest BCUT2D eigenvalue weighted by atomic mass is 32.1. The number of aromatic nitrogens is 7. The van der Waals surface area contributed by atoms with Crippen LogP contribution in [0.4, 0.5) is 0 Å². The Balaban J connectivity index is 1.11. The van der Waals surface area contributed by atoms with Crippen molar-refractivity contribution >= 4 is 79.4 Å². The van der Waals surface area contributed by atoms with E-state index < -0.39 is 0 Å². The van der Waals surface area contributed by atoms with Crippen LogP contribution in [0, 0.1) is 0 Å². The summed E-state index contributed by atoms with van der Waals surface area (Å²) in [7, 11) is 0. The fraction of sp³-hybridized carbons (Fsp3) is 0. The van der Waals surface area contributed by atoms with E-state index in [0.29, 0.717) is 0 Å². The Bertz CT molecular complexity index is 1590. The molecule has 0 saturated heterocycles. The molecular formula is C21H9N7S7. The molecule has 7 heterocycles. The topological polar surface area (TPSA) is 90.2 Å². The molecule has 0 spiro atoms. The molecule has 0 amide bonds. The Hall–Kier alpha value is -2.59. The van der Waals surface area contributed by atoms with Crippen molar-refractivity contribution in [2.75, 3.05) is 0 Å². The van der Waals surface area contributed by atoms with Gasteiger partial charge in [-0.25, -0.2) is 24.9 Å². The molecule has 35 heavy (non-hydrogen) atoms. The molecular weight excluding hydrogens is 575 g/mol. The van der Waals surface area contributed by atoms with Gasteiger partial charge in [0, 0.05) is 43.4 Å². The van der Waals surface area contributed by atoms with Crippen LogP contribution in [0.15, 0.2) is 54.4 Å². The van der Waals surface area contributed by atoms with E-state index in [2.05, 4.69) is 34.9 Å². The zero-order valence-electron chi connectivity index (χ0n) is 17.2. The first kappa shape index (κ1) is 21.7. The van der Waals surface area contributed by atoms with Gasteiger partial charge in [0.05, 0.1) is 45.2 Å². The Morgan fingerprint density at radius 1 is 0.343 bits per heavy atom. The first-order valence-electron chi connectivity index (χ1n) is 9.88. The molecule has 7 aromatic heterocycles. The minimum absolute atomic E-state index is 0.901. The highest BCUT2D eigenvalue weighted by molar-refractivity contribution is 7.30. The third-order valence-corrected chi connectivity index (χ3v) is 12.3. The van der Waals surface area contributed by atoms with Gasteiger partial charge in [0.1, 0.15) is 5.01 Å². The maximum atomic E-state index is 4.66. The number of nitrogens with zero attached hydrogens (tertiary/aromatic N) is 7. The van der Waals surface area contributed by atoms with Crippen molar-refractivity contribution in [3.63, 3.8) is 0 Å². The van der Waals surface area contributed by atoms with Crippen molar-refractivity contribution < 1.29 is 0 Å². The molecule has 0 atom stereocenters. The molecule has 0 unspecified atom stereocenters. The lowest BCUT2D eigenvalue weighted by atomic mass is 10.5. The first-order valence-corrected chi connectivity index (χ1v) is 15.7. The summed E-state index contributed by atoms with van der Waals surface area (Å²) in [6, 6.07) is 0. The van der Waals surface area contributed by atoms with Crippen LogP contribution in [0.2, 0.25) is 0 Å². The van der Waals surface area contributed by atoms with Gasteiger partial charge in [-0.15, -0.1) is 79.4 Å². The lowest BCUT2D eigenvalue weighted by Gasteiger charge is -1.89. The lowest BCUT2D eigenvalue weighted by Crippen LogP contribution is -1.68. The number of thiazole rings is 7. The molecule has 0 N–H and O–H groups in total. The van der Waals surface area contributed by atoms with Crippen LogP contribution in [0.25, 0.3) is 59.2 Å². The summed E-state index contributed by atoms with van der Waals surface area (Å²) in [5, 5.41) is 4.59. The van der Waals surface area contributed by atoms with Crippen molar-refractivity contribution in [3.05, 3.63) is 54.4 Å². The van der Waals surface area contributed by atoms with Crippen LogP contribution >= 0.6 is 79.4 Å². The van der Waals surface area contributed by atoms with E-state index in [1.807, 2.05) is 54.4 Å². The van der Waals surface area contributed by atoms with Crippen LogP contribution in [-0.2, 0) is 0 Å². The largest absolute Gasteiger partial charge is 0.252 e. The van der Waals surface area contributed by atoms with Gasteiger partial charge in [0.15, 0.2) is 20.0 Å². The van der Waals surface area contributed by atoms with Gasteiger partial charge < -0.3 is 0 Å². The quantitative estimate of drug-likeness (QED) is 0.197. The van der Waals surface area contributed by atoms with Gasteiger partial charge in [-0.05, 0) is 0 Å². The predicted octanol–water partition coefficient (Wildman–Crippen LogP) is 7.88. The minimum atomic E-state index is 0.901. The molecule has 170 valence electrons. The van der Waals surface area contributed by atoms with E-state index >= 15 is 0 Å². The van der Waals surface area contributed by atoms with Gasteiger partial charge in [-0.3, -0.25) is 9.97 Å². The monoisotopic (exact) mass is 583 g/mol. The van der Waals surface area contributed by atoms with E-state index in [-0.39, 0.29) is 0 Å². The van der Waals surface area contributed by atoms with Crippen LogP contribution in [0.5, 0.6) is 0 Å². The SMILES string of the molecule is c1ncc(-c2cnc(-c3ncc(-c4cnc(-c5cnc(-c6ncc(-c7cncs7)s6)s5)s4)s3)s2)s1. The zero-order valence-corrected chi connectivity index (χ0v) is 22.9. The van der Waals surface area contributed by atoms with Gasteiger partial charge in [-0.1, -0.05) is 0 Å². The van der Waals surface area contributed by atoms with Gasteiger partial charge in [-0.2, -0.15) is 0 Å². The van der Waals surface area contributed by atoms with Crippen LogP contribution in [-0.4, -0.2) is 34.9 Å². The Morgan fingerprint density at radius 2 is 0.686 bits per heavy atom. The Kier molecular flexibility index (Phi) is 5.65. The molecule has 0 aliphatic carbocycles. The summed E-state index contributed by atoms with van der Waals surface area (Å²) in [4.78, 5) is 39.0. The zero-order chi connectivity index (χ0) is 23.2. The molecule has 0 saturated carbocycles. The molecule has 0 bridgehead atoms. The maximum Gasteiger partial charge on any atom is 0.152 e. The van der Waals surface area contributed by atoms with Gasteiger partial charge in [0.25, 0.3) is 0 Å². The summed E-state index contributed by atoms with van der Waals surface area (Å²) in [5.41, 5.74) is 3.67. The molecule has 0 aliphatic rings. The van der Waals surface area contributed by atoms with Crippen LogP contribution in [0.1, 0.15) is 0 Å². The Morgan fingerprint density at radius 3 is 1.11 bits per heavy atom. The van der Waals surface area contributed by atoms with E-state index in [1.54, 1.807) is 79.4 Å². The summed E-state index contributed by atoms with van der Waals surface area (Å²) in [6.07, 6.45) is 13.2. The normalized spacial score (nSPS) is 11.4. The summed E-state index contributed by atoms with van der Waals surface area (Å²) in [5.74, 6) is 0. The second-order valence-corrected chi connectivity index (χ2v) is 13.8. The average Bonchev–Trinajstić information content (AvgIpc) is 3.71. The number of hydrogen-bond donors (Lipinski definition) is 0. The predicted molar refractivity (Wildman–Crippen MR) is 149 cm³/mol. The smallest absolute Gasteiger partial charge is 0.152 e. The van der Waals surface area contributed by atoms with Crippen LogP contribution in [0.3, 0.4) is 0 Å². The molecule has 7 aromatic rings. The standard InChI is InChI=1S/C21H9N7S7/c1-10(29-8-22-1)12-3-25-18(32-12)19-27-6-15(34-19)14-5-24-17(31-14)16-7-28-21(35-16)20-26-4-13(33-20)11-2-23-9-30-11/h1-9H. The molecule has 0 radical (unpaired) electrons. The Labute approximate surface area is 226 Å². The van der Waals surface area contributed by atoms with Crippen molar-refractivity contribution in [1.29, 1.82) is 0 Å². The molecule has 0 fully saturated rings. The number of hydrogen-bond acceptors (Lipinski definition) is 14. The summed E-state index contributed by atoms with van der Waals surface area (Å²) < 4.78 is 0. The molecule has 0 aromatic carbocycles. The van der Waals surface area contributed by atoms with Gasteiger partial charge >= 0.3 is 0 Å². The molecule has 14 heteroatoms. The average molecular weight is 584 g/mol. The molecule has 7 rings (SSSR count). The maximum absolute atomic E-state index is 4.66. The van der Waals surface area contributed by atoms with Crippen LogP contribution < -0.4 is 0 Å². The molecule has 7 nitrogen and oxygen atoms in total. The third-order valence-electron chi connectivity index (χ3n) is 4.70. The van der Waals surface area contributed by atoms with Crippen molar-refractivity contribution in [1.82, 2.24) is 34.9 Å².